The molecule has 0 radical (unpaired) electrons. The molecule has 68 heavy (non-hydrogen) atoms. The molecule has 0 aromatic heterocycles. The lowest BCUT2D eigenvalue weighted by Crippen LogP contribution is -2.30. The summed E-state index contributed by atoms with van der Waals surface area (Å²) in [5.74, 6) is -0.884. The third kappa shape index (κ3) is 54.3. The highest BCUT2D eigenvalue weighted by atomic mass is 16.6. The molecule has 0 amide bonds. The molecule has 0 aliphatic rings. The third-order valence-corrected chi connectivity index (χ3v) is 13.1. The average Bonchev–Trinajstić information content (AvgIpc) is 3.34. The van der Waals surface area contributed by atoms with Crippen LogP contribution >= 0.6 is 0 Å². The highest BCUT2D eigenvalue weighted by Crippen LogP contribution is 2.16. The van der Waals surface area contributed by atoms with E-state index in [9.17, 15) is 14.4 Å². The van der Waals surface area contributed by atoms with Gasteiger partial charge in [0.1, 0.15) is 13.2 Å². The predicted molar refractivity (Wildman–Crippen MR) is 293 cm³/mol. The van der Waals surface area contributed by atoms with Gasteiger partial charge in [0, 0.05) is 19.3 Å². The van der Waals surface area contributed by atoms with Crippen LogP contribution in [0, 0.1) is 0 Å². The van der Waals surface area contributed by atoms with E-state index in [1.165, 1.54) is 180 Å². The van der Waals surface area contributed by atoms with Crippen LogP contribution in [-0.4, -0.2) is 37.2 Å². The minimum absolute atomic E-state index is 0.0778. The van der Waals surface area contributed by atoms with Crippen molar-refractivity contribution in [2.75, 3.05) is 13.2 Å². The number of hydrogen-bond acceptors (Lipinski definition) is 6. The summed E-state index contributed by atoms with van der Waals surface area (Å²) in [7, 11) is 0. The van der Waals surface area contributed by atoms with Gasteiger partial charge in [0.05, 0.1) is 0 Å². The fourth-order valence-electron chi connectivity index (χ4n) is 8.56. The van der Waals surface area contributed by atoms with Gasteiger partial charge in [-0.2, -0.15) is 0 Å². The number of hydrogen-bond donors (Lipinski definition) is 0. The first-order valence-electron chi connectivity index (χ1n) is 29.6. The second kappa shape index (κ2) is 57.0. The molecule has 0 saturated heterocycles. The SMILES string of the molecule is CCCCC/C=C\C/C=C\CCCCCCCCCC(=O)OC(COC(=O)CCCCCCC/C=C\C/C=C\CCCCC)COC(=O)CCCCCCCCCCCCCCCCCCCC. The van der Waals surface area contributed by atoms with Crippen LogP contribution in [0.2, 0.25) is 0 Å². The Morgan fingerprint density at radius 2 is 0.529 bits per heavy atom. The summed E-state index contributed by atoms with van der Waals surface area (Å²) in [6.07, 6.45) is 69.5. The maximum absolute atomic E-state index is 12.9. The van der Waals surface area contributed by atoms with Crippen LogP contribution in [0.3, 0.4) is 0 Å². The lowest BCUT2D eigenvalue weighted by molar-refractivity contribution is -0.167. The van der Waals surface area contributed by atoms with Crippen LogP contribution in [0.5, 0.6) is 0 Å². The van der Waals surface area contributed by atoms with Crippen molar-refractivity contribution < 1.29 is 28.6 Å². The minimum Gasteiger partial charge on any atom is -0.462 e. The van der Waals surface area contributed by atoms with E-state index in [0.29, 0.717) is 19.3 Å². The van der Waals surface area contributed by atoms with Gasteiger partial charge in [0.25, 0.3) is 0 Å². The van der Waals surface area contributed by atoms with Crippen molar-refractivity contribution in [1.82, 2.24) is 0 Å². The van der Waals surface area contributed by atoms with E-state index in [1.54, 1.807) is 0 Å². The summed E-state index contributed by atoms with van der Waals surface area (Å²) in [4.78, 5) is 38.2. The largest absolute Gasteiger partial charge is 0.462 e. The zero-order valence-corrected chi connectivity index (χ0v) is 45.4. The normalized spacial score (nSPS) is 12.3. The Hall–Kier alpha value is -2.63. The van der Waals surface area contributed by atoms with Crippen molar-refractivity contribution >= 4 is 17.9 Å². The monoisotopic (exact) mass is 953 g/mol. The molecule has 0 N–H and O–H groups in total. The Kier molecular flexibility index (Phi) is 54.8. The van der Waals surface area contributed by atoms with Gasteiger partial charge in [0.15, 0.2) is 6.10 Å². The number of allylic oxidation sites excluding steroid dienone is 8. The van der Waals surface area contributed by atoms with Gasteiger partial charge in [-0.3, -0.25) is 14.4 Å². The minimum atomic E-state index is -0.781. The predicted octanol–water partition coefficient (Wildman–Crippen LogP) is 19.8. The van der Waals surface area contributed by atoms with E-state index in [4.69, 9.17) is 14.2 Å². The lowest BCUT2D eigenvalue weighted by Gasteiger charge is -2.18. The van der Waals surface area contributed by atoms with E-state index in [0.717, 1.165) is 89.9 Å². The van der Waals surface area contributed by atoms with Gasteiger partial charge in [0.2, 0.25) is 0 Å². The quantitative estimate of drug-likeness (QED) is 0.0262. The van der Waals surface area contributed by atoms with E-state index in [1.807, 2.05) is 0 Å². The van der Waals surface area contributed by atoms with E-state index >= 15 is 0 Å². The fraction of sp³-hybridized carbons (Fsp3) is 0.823. The Balaban J connectivity index is 4.37. The van der Waals surface area contributed by atoms with Gasteiger partial charge in [-0.25, -0.2) is 0 Å². The van der Waals surface area contributed by atoms with Crippen LogP contribution in [0.25, 0.3) is 0 Å². The highest BCUT2D eigenvalue weighted by Gasteiger charge is 2.19. The summed E-state index contributed by atoms with van der Waals surface area (Å²) in [5, 5.41) is 0. The molecule has 0 bridgehead atoms. The molecule has 6 heteroatoms. The van der Waals surface area contributed by atoms with Crippen molar-refractivity contribution in [1.29, 1.82) is 0 Å². The molecule has 0 heterocycles. The Morgan fingerprint density at radius 3 is 0.838 bits per heavy atom. The van der Waals surface area contributed by atoms with Crippen molar-refractivity contribution in [2.45, 2.75) is 316 Å². The van der Waals surface area contributed by atoms with Crippen molar-refractivity contribution in [3.63, 3.8) is 0 Å². The van der Waals surface area contributed by atoms with Gasteiger partial charge in [-0.15, -0.1) is 0 Å². The van der Waals surface area contributed by atoms with Crippen molar-refractivity contribution in [3.8, 4) is 0 Å². The molecule has 0 aliphatic heterocycles. The number of unbranched alkanes of at least 4 members (excludes halogenated alkanes) is 35. The molecular weight excluding hydrogens is 841 g/mol. The van der Waals surface area contributed by atoms with E-state index in [-0.39, 0.29) is 31.1 Å². The number of carbonyl (C=O) groups is 3. The molecule has 1 atom stereocenters. The van der Waals surface area contributed by atoms with Crippen LogP contribution in [0.1, 0.15) is 310 Å². The molecular formula is C62H112O6. The maximum atomic E-state index is 12.9. The Labute approximate surface area is 422 Å². The average molecular weight is 954 g/mol. The molecule has 0 fully saturated rings. The molecule has 1 unspecified atom stereocenters. The first-order chi connectivity index (χ1) is 33.5. The van der Waals surface area contributed by atoms with Crippen LogP contribution in [0.15, 0.2) is 48.6 Å². The number of rotatable bonds is 54. The molecule has 396 valence electrons. The summed E-state index contributed by atoms with van der Waals surface area (Å²) < 4.78 is 16.9. The zero-order valence-electron chi connectivity index (χ0n) is 45.4. The summed E-state index contributed by atoms with van der Waals surface area (Å²) in [6, 6.07) is 0. The first-order valence-corrected chi connectivity index (χ1v) is 29.6. The molecule has 6 nitrogen and oxygen atoms in total. The molecule has 0 aromatic carbocycles. The second-order valence-electron chi connectivity index (χ2n) is 19.9. The molecule has 0 aromatic rings. The molecule has 0 saturated carbocycles. The van der Waals surface area contributed by atoms with Gasteiger partial charge in [-0.1, -0.05) is 256 Å². The topological polar surface area (TPSA) is 78.9 Å². The molecule has 0 spiro atoms. The van der Waals surface area contributed by atoms with Crippen molar-refractivity contribution in [2.24, 2.45) is 0 Å². The zero-order chi connectivity index (χ0) is 49.3. The lowest BCUT2D eigenvalue weighted by atomic mass is 10.0. The first kappa shape index (κ1) is 65.4. The summed E-state index contributed by atoms with van der Waals surface area (Å²) >= 11 is 0. The fourth-order valence-corrected chi connectivity index (χ4v) is 8.56. The summed E-state index contributed by atoms with van der Waals surface area (Å²) in [6.45, 7) is 6.61. The van der Waals surface area contributed by atoms with Gasteiger partial charge in [-0.05, 0) is 83.5 Å². The summed E-state index contributed by atoms with van der Waals surface area (Å²) in [5.41, 5.74) is 0. The van der Waals surface area contributed by atoms with Crippen LogP contribution in [0.4, 0.5) is 0 Å². The smallest absolute Gasteiger partial charge is 0.306 e. The van der Waals surface area contributed by atoms with Gasteiger partial charge < -0.3 is 14.2 Å². The standard InChI is InChI=1S/C62H112O6/c1-4-7-10-13-16-19-22-25-28-30-32-34-37-40-43-46-49-52-55-61(64)67-58-59(57-66-60(63)54-51-48-45-42-39-36-33-27-24-21-18-15-12-9-6-3)68-62(65)56-53-50-47-44-41-38-35-31-29-26-23-20-17-14-11-8-5-2/h17-18,20-21,26-27,29,33,59H,4-16,19,22-25,28,30-32,34-58H2,1-3H3/b20-17-,21-18-,29-26-,33-27-. The van der Waals surface area contributed by atoms with Crippen molar-refractivity contribution in [3.05, 3.63) is 48.6 Å². The molecule has 0 aliphatic carbocycles. The van der Waals surface area contributed by atoms with Crippen LogP contribution in [-0.2, 0) is 28.6 Å². The molecule has 0 rings (SSSR count). The van der Waals surface area contributed by atoms with Gasteiger partial charge >= 0.3 is 17.9 Å². The van der Waals surface area contributed by atoms with E-state index in [2.05, 4.69) is 69.4 Å². The number of ether oxygens (including phenoxy) is 3. The maximum Gasteiger partial charge on any atom is 0.306 e. The van der Waals surface area contributed by atoms with E-state index < -0.39 is 6.10 Å². The number of esters is 3. The second-order valence-corrected chi connectivity index (χ2v) is 19.9. The third-order valence-electron chi connectivity index (χ3n) is 13.1. The highest BCUT2D eigenvalue weighted by molar-refractivity contribution is 5.71. The number of carbonyl (C=O) groups excluding carboxylic acids is 3. The Bertz CT molecular complexity index is 1190. The van der Waals surface area contributed by atoms with Crippen LogP contribution < -0.4 is 0 Å². The Morgan fingerprint density at radius 1 is 0.294 bits per heavy atom.